The number of halogens is 1. The van der Waals surface area contributed by atoms with Crippen LogP contribution in [0.2, 0.25) is 0 Å². The minimum absolute atomic E-state index is 0.459. The zero-order valence-electron chi connectivity index (χ0n) is 7.61. The Morgan fingerprint density at radius 2 is 2.00 bits per heavy atom. The van der Waals surface area contributed by atoms with Crippen LogP contribution in [0.1, 0.15) is 5.69 Å². The predicted molar refractivity (Wildman–Crippen MR) is 58.2 cm³/mol. The molecule has 1 aromatic carbocycles. The number of nitrogens with two attached hydrogens (primary N) is 1. The molecule has 72 valence electrons. The van der Waals surface area contributed by atoms with Crippen LogP contribution in [0.5, 0.6) is 0 Å². The van der Waals surface area contributed by atoms with Crippen molar-refractivity contribution in [3.8, 4) is 5.69 Å². The Kier molecular flexibility index (Phi) is 2.25. The second kappa shape index (κ2) is 3.42. The van der Waals surface area contributed by atoms with Crippen molar-refractivity contribution in [1.82, 2.24) is 15.0 Å². The van der Waals surface area contributed by atoms with E-state index < -0.39 is 0 Å². The summed E-state index contributed by atoms with van der Waals surface area (Å²) in [7, 11) is 0. The molecule has 0 aliphatic carbocycles. The number of rotatable bonds is 1. The Balaban J connectivity index is 2.55. The molecule has 1 heterocycles. The van der Waals surface area contributed by atoms with E-state index in [1.54, 1.807) is 0 Å². The average Bonchev–Trinajstić information content (AvgIpc) is 2.48. The van der Waals surface area contributed by atoms with Crippen molar-refractivity contribution >= 4 is 21.7 Å². The largest absolute Gasteiger partial charge is 0.381 e. The van der Waals surface area contributed by atoms with Gasteiger partial charge in [0.05, 0.1) is 5.69 Å². The first-order valence-corrected chi connectivity index (χ1v) is 4.92. The molecule has 0 aliphatic rings. The van der Waals surface area contributed by atoms with Gasteiger partial charge in [-0.3, -0.25) is 0 Å². The lowest BCUT2D eigenvalue weighted by molar-refractivity contribution is 0.744. The number of aryl methyl sites for hydroxylation is 1. The molecule has 0 amide bonds. The van der Waals surface area contributed by atoms with E-state index in [0.717, 1.165) is 15.9 Å². The number of anilines is 1. The molecular formula is C9H9BrN4. The van der Waals surface area contributed by atoms with Gasteiger partial charge < -0.3 is 5.73 Å². The number of nitrogens with zero attached hydrogens (tertiary/aromatic N) is 3. The van der Waals surface area contributed by atoms with E-state index >= 15 is 0 Å². The summed E-state index contributed by atoms with van der Waals surface area (Å²) in [6.45, 7) is 1.83. The standard InChI is InChI=1S/C9H9BrN4/c1-6-9(11)13-14(12-6)8-5-3-2-4-7(8)10/h2-5H,1H3,(H2,11,13). The second-order valence-electron chi connectivity index (χ2n) is 2.91. The van der Waals surface area contributed by atoms with Crippen molar-refractivity contribution < 1.29 is 0 Å². The van der Waals surface area contributed by atoms with Crippen LogP contribution in [0.3, 0.4) is 0 Å². The van der Waals surface area contributed by atoms with Crippen LogP contribution in [0.4, 0.5) is 5.82 Å². The highest BCUT2D eigenvalue weighted by molar-refractivity contribution is 9.10. The lowest BCUT2D eigenvalue weighted by Crippen LogP contribution is -2.00. The molecule has 0 spiro atoms. The first-order valence-electron chi connectivity index (χ1n) is 4.13. The summed E-state index contributed by atoms with van der Waals surface area (Å²) in [5.41, 5.74) is 7.24. The molecule has 0 aliphatic heterocycles. The number of benzene rings is 1. The smallest absolute Gasteiger partial charge is 0.169 e. The Morgan fingerprint density at radius 1 is 1.29 bits per heavy atom. The van der Waals surface area contributed by atoms with Crippen LogP contribution < -0.4 is 5.73 Å². The van der Waals surface area contributed by atoms with Gasteiger partial charge in [-0.1, -0.05) is 12.1 Å². The number of hydrogen-bond acceptors (Lipinski definition) is 3. The highest BCUT2D eigenvalue weighted by Crippen LogP contribution is 2.19. The molecule has 0 fully saturated rings. The SMILES string of the molecule is Cc1nn(-c2ccccc2Br)nc1N. The van der Waals surface area contributed by atoms with Crippen LogP contribution in [0, 0.1) is 6.92 Å². The average molecular weight is 253 g/mol. The third kappa shape index (κ3) is 1.50. The number of para-hydroxylation sites is 1. The van der Waals surface area contributed by atoms with Crippen LogP contribution in [0.25, 0.3) is 5.69 Å². The van der Waals surface area contributed by atoms with Crippen LogP contribution in [-0.2, 0) is 0 Å². The van der Waals surface area contributed by atoms with Crippen molar-refractivity contribution in [3.05, 3.63) is 34.4 Å². The second-order valence-corrected chi connectivity index (χ2v) is 3.77. The molecule has 14 heavy (non-hydrogen) atoms. The topological polar surface area (TPSA) is 56.7 Å². The lowest BCUT2D eigenvalue weighted by atomic mass is 10.3. The van der Waals surface area contributed by atoms with Gasteiger partial charge in [-0.25, -0.2) is 0 Å². The molecular weight excluding hydrogens is 244 g/mol. The van der Waals surface area contributed by atoms with Crippen molar-refractivity contribution in [2.75, 3.05) is 5.73 Å². The molecule has 0 saturated heterocycles. The molecule has 2 N–H and O–H groups in total. The van der Waals surface area contributed by atoms with E-state index in [1.165, 1.54) is 4.80 Å². The van der Waals surface area contributed by atoms with E-state index in [0.29, 0.717) is 5.82 Å². The van der Waals surface area contributed by atoms with Gasteiger partial charge in [-0.15, -0.1) is 9.90 Å². The van der Waals surface area contributed by atoms with E-state index in [4.69, 9.17) is 5.73 Å². The highest BCUT2D eigenvalue weighted by atomic mass is 79.9. The fourth-order valence-corrected chi connectivity index (χ4v) is 1.56. The summed E-state index contributed by atoms with van der Waals surface area (Å²) in [6.07, 6.45) is 0. The van der Waals surface area contributed by atoms with Gasteiger partial charge in [0.15, 0.2) is 5.82 Å². The minimum atomic E-state index is 0.459. The summed E-state index contributed by atoms with van der Waals surface area (Å²) in [6, 6.07) is 7.72. The molecule has 0 saturated carbocycles. The highest BCUT2D eigenvalue weighted by Gasteiger charge is 2.06. The molecule has 4 nitrogen and oxygen atoms in total. The first-order chi connectivity index (χ1) is 6.68. The molecule has 5 heteroatoms. The molecule has 0 radical (unpaired) electrons. The predicted octanol–water partition coefficient (Wildman–Crippen LogP) is 1.92. The van der Waals surface area contributed by atoms with Crippen LogP contribution in [-0.4, -0.2) is 15.0 Å². The fraction of sp³-hybridized carbons (Fsp3) is 0.111. The lowest BCUT2D eigenvalue weighted by Gasteiger charge is -2.00. The summed E-state index contributed by atoms with van der Waals surface area (Å²) >= 11 is 3.43. The summed E-state index contributed by atoms with van der Waals surface area (Å²) in [5, 5.41) is 8.29. The van der Waals surface area contributed by atoms with E-state index in [-0.39, 0.29) is 0 Å². The quantitative estimate of drug-likeness (QED) is 0.844. The molecule has 2 rings (SSSR count). The van der Waals surface area contributed by atoms with Crippen molar-refractivity contribution in [1.29, 1.82) is 0 Å². The summed E-state index contributed by atoms with van der Waals surface area (Å²) < 4.78 is 0.940. The third-order valence-electron chi connectivity index (χ3n) is 1.89. The summed E-state index contributed by atoms with van der Waals surface area (Å²) in [4.78, 5) is 1.52. The van der Waals surface area contributed by atoms with Gasteiger partial charge >= 0.3 is 0 Å². The Labute approximate surface area is 89.9 Å². The van der Waals surface area contributed by atoms with Crippen molar-refractivity contribution in [3.63, 3.8) is 0 Å². The van der Waals surface area contributed by atoms with E-state index in [9.17, 15) is 0 Å². The summed E-state index contributed by atoms with van der Waals surface area (Å²) in [5.74, 6) is 0.459. The van der Waals surface area contributed by atoms with Gasteiger partial charge in [0.25, 0.3) is 0 Å². The van der Waals surface area contributed by atoms with Crippen molar-refractivity contribution in [2.24, 2.45) is 0 Å². The third-order valence-corrected chi connectivity index (χ3v) is 2.56. The van der Waals surface area contributed by atoms with Gasteiger partial charge in [0.2, 0.25) is 0 Å². The van der Waals surface area contributed by atoms with Crippen LogP contribution in [0.15, 0.2) is 28.7 Å². The van der Waals surface area contributed by atoms with E-state index in [1.807, 2.05) is 31.2 Å². The Bertz CT molecular complexity index is 444. The normalized spacial score (nSPS) is 10.4. The monoisotopic (exact) mass is 252 g/mol. The van der Waals surface area contributed by atoms with E-state index in [2.05, 4.69) is 26.1 Å². The number of hydrogen-bond donors (Lipinski definition) is 1. The zero-order valence-corrected chi connectivity index (χ0v) is 9.19. The molecule has 2 aromatic rings. The molecule has 0 bridgehead atoms. The van der Waals surface area contributed by atoms with Gasteiger partial charge in [-0.2, -0.15) is 5.10 Å². The minimum Gasteiger partial charge on any atom is -0.381 e. The van der Waals surface area contributed by atoms with Gasteiger partial charge in [-0.05, 0) is 35.0 Å². The Morgan fingerprint density at radius 3 is 2.57 bits per heavy atom. The van der Waals surface area contributed by atoms with Crippen LogP contribution >= 0.6 is 15.9 Å². The Hall–Kier alpha value is -1.36. The maximum atomic E-state index is 5.62. The van der Waals surface area contributed by atoms with Gasteiger partial charge in [0.1, 0.15) is 5.69 Å². The molecule has 0 atom stereocenters. The number of nitrogen functional groups attached to an aromatic ring is 1. The maximum Gasteiger partial charge on any atom is 0.169 e. The van der Waals surface area contributed by atoms with Gasteiger partial charge in [0, 0.05) is 4.47 Å². The zero-order chi connectivity index (χ0) is 10.1. The molecule has 0 unspecified atom stereocenters. The fourth-order valence-electron chi connectivity index (χ4n) is 1.11. The first kappa shape index (κ1) is 9.21. The molecule has 1 aromatic heterocycles. The maximum absolute atomic E-state index is 5.62. The number of aromatic nitrogens is 3. The van der Waals surface area contributed by atoms with Crippen molar-refractivity contribution in [2.45, 2.75) is 6.92 Å².